The van der Waals surface area contributed by atoms with Gasteiger partial charge in [0.25, 0.3) is 5.78 Å². The predicted molar refractivity (Wildman–Crippen MR) is 91.3 cm³/mol. The Balaban J connectivity index is 2.00. The quantitative estimate of drug-likeness (QED) is 0.303. The van der Waals surface area contributed by atoms with Crippen molar-refractivity contribution in [2.45, 2.75) is 0 Å². The second-order valence-corrected chi connectivity index (χ2v) is 5.10. The highest BCUT2D eigenvalue weighted by molar-refractivity contribution is 6.35. The summed E-state index contributed by atoms with van der Waals surface area (Å²) in [5, 5.41) is 0. The van der Waals surface area contributed by atoms with Crippen LogP contribution in [0.3, 0.4) is 0 Å². The van der Waals surface area contributed by atoms with Crippen molar-refractivity contribution in [2.75, 3.05) is 0 Å². The van der Waals surface area contributed by atoms with Crippen LogP contribution in [0.25, 0.3) is 27.8 Å². The average molecular weight is 298 g/mol. The molecule has 0 aliphatic carbocycles. The number of rotatable bonds is 4. The number of hydrogen-bond donors (Lipinski definition) is 0. The van der Waals surface area contributed by atoms with Crippen LogP contribution in [0.15, 0.2) is 78.9 Å². The van der Waals surface area contributed by atoms with Crippen molar-refractivity contribution in [3.05, 3.63) is 90.0 Å². The van der Waals surface area contributed by atoms with Crippen LogP contribution >= 0.6 is 0 Å². The van der Waals surface area contributed by atoms with Gasteiger partial charge in [0.1, 0.15) is 0 Å². The zero-order valence-electron chi connectivity index (χ0n) is 12.4. The molecule has 3 aromatic carbocycles. The van der Waals surface area contributed by atoms with E-state index in [0.29, 0.717) is 5.56 Å². The van der Waals surface area contributed by atoms with Gasteiger partial charge in [0, 0.05) is 5.56 Å². The SMILES string of the molecule is [N-]=[N+]=CC(=O)c1ccccc1-c1ccc(-c2ccccc2)cc1. The molecule has 0 saturated carbocycles. The Morgan fingerprint density at radius 2 is 1.30 bits per heavy atom. The molecule has 0 N–H and O–H groups in total. The fourth-order valence-electron chi connectivity index (χ4n) is 2.54. The largest absolute Gasteiger partial charge is 0.361 e. The lowest BCUT2D eigenvalue weighted by Crippen LogP contribution is -2.03. The van der Waals surface area contributed by atoms with Gasteiger partial charge in [-0.1, -0.05) is 78.9 Å². The number of ketones is 1. The summed E-state index contributed by atoms with van der Waals surface area (Å²) in [5.41, 5.74) is 13.1. The van der Waals surface area contributed by atoms with Gasteiger partial charge in [0.05, 0.1) is 0 Å². The summed E-state index contributed by atoms with van der Waals surface area (Å²) < 4.78 is 0. The zero-order chi connectivity index (χ0) is 16.1. The summed E-state index contributed by atoms with van der Waals surface area (Å²) >= 11 is 0. The molecule has 0 spiro atoms. The van der Waals surface area contributed by atoms with E-state index in [1.54, 1.807) is 12.1 Å². The Morgan fingerprint density at radius 3 is 2.00 bits per heavy atom. The molecule has 110 valence electrons. The number of hydrogen-bond acceptors (Lipinski definition) is 1. The summed E-state index contributed by atoms with van der Waals surface area (Å²) in [6.45, 7) is 0. The molecule has 0 amide bonds. The van der Waals surface area contributed by atoms with Crippen molar-refractivity contribution in [3.63, 3.8) is 0 Å². The Hall–Kier alpha value is -3.29. The Labute approximate surface area is 134 Å². The fraction of sp³-hybridized carbons (Fsp3) is 0. The number of Topliss-reactive ketones (excluding diaryl/α,β-unsaturated/α-hetero) is 1. The molecule has 0 aromatic heterocycles. The standard InChI is InChI=1S/C20H14N2O/c21-22-14-20(23)19-9-5-4-8-18(19)17-12-10-16(11-13-17)15-6-2-1-3-7-15/h1-14H. The van der Waals surface area contributed by atoms with E-state index in [4.69, 9.17) is 5.53 Å². The first kappa shape index (κ1) is 14.6. The summed E-state index contributed by atoms with van der Waals surface area (Å²) in [7, 11) is 0. The van der Waals surface area contributed by atoms with E-state index in [2.05, 4.69) is 16.9 Å². The van der Waals surface area contributed by atoms with Gasteiger partial charge in [-0.2, -0.15) is 4.79 Å². The maximum atomic E-state index is 12.0. The smallest absolute Gasteiger partial charge is 0.328 e. The topological polar surface area (TPSA) is 53.5 Å². The van der Waals surface area contributed by atoms with Crippen molar-refractivity contribution in [3.8, 4) is 22.3 Å². The average Bonchev–Trinajstić information content (AvgIpc) is 2.63. The first-order valence-corrected chi connectivity index (χ1v) is 7.26. The monoisotopic (exact) mass is 298 g/mol. The van der Waals surface area contributed by atoms with Gasteiger partial charge in [-0.25, -0.2) is 0 Å². The zero-order valence-corrected chi connectivity index (χ0v) is 12.4. The second-order valence-electron chi connectivity index (χ2n) is 5.10. The lowest BCUT2D eigenvalue weighted by Gasteiger charge is -2.07. The van der Waals surface area contributed by atoms with Crippen LogP contribution in [-0.4, -0.2) is 16.8 Å². The van der Waals surface area contributed by atoms with Gasteiger partial charge in [-0.3, -0.25) is 4.79 Å². The molecule has 0 unspecified atom stereocenters. The van der Waals surface area contributed by atoms with Crippen LogP contribution in [0.2, 0.25) is 0 Å². The lowest BCUT2D eigenvalue weighted by atomic mass is 9.95. The minimum atomic E-state index is -0.324. The Bertz CT molecular complexity index is 877. The molecular formula is C20H14N2O. The molecule has 0 atom stereocenters. The van der Waals surface area contributed by atoms with E-state index in [0.717, 1.165) is 28.5 Å². The minimum absolute atomic E-state index is 0.324. The number of nitrogens with zero attached hydrogens (tertiary/aromatic N) is 2. The van der Waals surface area contributed by atoms with Crippen LogP contribution in [0, 0.1) is 0 Å². The Kier molecular flexibility index (Phi) is 4.23. The molecule has 3 nitrogen and oxygen atoms in total. The normalized spacial score (nSPS) is 9.91. The van der Waals surface area contributed by atoms with E-state index < -0.39 is 0 Å². The highest BCUT2D eigenvalue weighted by Crippen LogP contribution is 2.27. The van der Waals surface area contributed by atoms with Gasteiger partial charge < -0.3 is 5.53 Å². The van der Waals surface area contributed by atoms with Crippen LogP contribution in [0.1, 0.15) is 10.4 Å². The number of benzene rings is 3. The first-order chi connectivity index (χ1) is 11.3. The van der Waals surface area contributed by atoms with Gasteiger partial charge in [0.15, 0.2) is 0 Å². The number of carbonyl (C=O) groups excluding carboxylic acids is 1. The van der Waals surface area contributed by atoms with E-state index in [9.17, 15) is 4.79 Å². The van der Waals surface area contributed by atoms with E-state index >= 15 is 0 Å². The van der Waals surface area contributed by atoms with E-state index in [-0.39, 0.29) is 5.78 Å². The third-order valence-corrected chi connectivity index (χ3v) is 3.67. The molecule has 0 heterocycles. The van der Waals surface area contributed by atoms with Crippen molar-refractivity contribution < 1.29 is 9.58 Å². The summed E-state index contributed by atoms with van der Waals surface area (Å²) in [6.07, 6.45) is 0.914. The third-order valence-electron chi connectivity index (χ3n) is 3.67. The van der Waals surface area contributed by atoms with Crippen molar-refractivity contribution in [1.82, 2.24) is 0 Å². The number of carbonyl (C=O) groups is 1. The molecule has 0 aliphatic heterocycles. The minimum Gasteiger partial charge on any atom is -0.361 e. The van der Waals surface area contributed by atoms with Crippen LogP contribution in [0.5, 0.6) is 0 Å². The molecule has 0 radical (unpaired) electrons. The molecule has 3 aromatic rings. The second kappa shape index (κ2) is 6.65. The highest BCUT2D eigenvalue weighted by Gasteiger charge is 2.13. The maximum absolute atomic E-state index is 12.0. The van der Waals surface area contributed by atoms with Crippen LogP contribution in [0.4, 0.5) is 0 Å². The maximum Gasteiger partial charge on any atom is 0.328 e. The molecule has 0 saturated heterocycles. The van der Waals surface area contributed by atoms with Gasteiger partial charge in [-0.15, -0.1) is 0 Å². The fourth-order valence-corrected chi connectivity index (χ4v) is 2.54. The van der Waals surface area contributed by atoms with Gasteiger partial charge >= 0.3 is 6.21 Å². The highest BCUT2D eigenvalue weighted by atomic mass is 16.1. The van der Waals surface area contributed by atoms with Gasteiger partial charge in [-0.05, 0) is 22.3 Å². The lowest BCUT2D eigenvalue weighted by molar-refractivity contribution is 0.00235. The molecule has 0 bridgehead atoms. The van der Waals surface area contributed by atoms with E-state index in [1.165, 1.54) is 0 Å². The summed E-state index contributed by atoms with van der Waals surface area (Å²) in [6, 6.07) is 25.5. The van der Waals surface area contributed by atoms with E-state index in [1.807, 2.05) is 54.6 Å². The summed E-state index contributed by atoms with van der Waals surface area (Å²) in [5.74, 6) is -0.324. The van der Waals surface area contributed by atoms with Crippen molar-refractivity contribution >= 4 is 12.0 Å². The van der Waals surface area contributed by atoms with Gasteiger partial charge in [0.2, 0.25) is 0 Å². The predicted octanol–water partition coefficient (Wildman–Crippen LogP) is 4.50. The van der Waals surface area contributed by atoms with Crippen LogP contribution < -0.4 is 0 Å². The summed E-state index contributed by atoms with van der Waals surface area (Å²) in [4.78, 5) is 14.8. The van der Waals surface area contributed by atoms with Crippen molar-refractivity contribution in [2.24, 2.45) is 0 Å². The molecule has 3 heteroatoms. The molecule has 0 aliphatic rings. The molecule has 23 heavy (non-hydrogen) atoms. The van der Waals surface area contributed by atoms with Crippen molar-refractivity contribution in [1.29, 1.82) is 0 Å². The first-order valence-electron chi connectivity index (χ1n) is 7.26. The third kappa shape index (κ3) is 3.15. The molecule has 0 fully saturated rings. The molecular weight excluding hydrogens is 284 g/mol. The Morgan fingerprint density at radius 1 is 0.739 bits per heavy atom. The van der Waals surface area contributed by atoms with Crippen LogP contribution in [-0.2, 0) is 0 Å². The molecule has 3 rings (SSSR count).